The van der Waals surface area contributed by atoms with Gasteiger partial charge in [-0.25, -0.2) is 0 Å². The SMILES string of the molecule is CCCCCc1ccc(C(=O)N(Cc2ccc(-c3ccccc3)cc2)CC2CCNCC2)cc1. The average Bonchev–Trinajstić information content (AvgIpc) is 2.90. The summed E-state index contributed by atoms with van der Waals surface area (Å²) in [4.78, 5) is 15.7. The first-order chi connectivity index (χ1) is 16.7. The fourth-order valence-electron chi connectivity index (χ4n) is 4.82. The Kier molecular flexibility index (Phi) is 8.92. The first-order valence-electron chi connectivity index (χ1n) is 13.0. The van der Waals surface area contributed by atoms with Gasteiger partial charge in [0, 0.05) is 18.7 Å². The second kappa shape index (κ2) is 12.5. The first kappa shape index (κ1) is 24.2. The van der Waals surface area contributed by atoms with E-state index < -0.39 is 0 Å². The summed E-state index contributed by atoms with van der Waals surface area (Å²) in [5, 5.41) is 3.44. The minimum Gasteiger partial charge on any atom is -0.334 e. The van der Waals surface area contributed by atoms with Crippen LogP contribution in [0.2, 0.25) is 0 Å². The Hall–Kier alpha value is -2.91. The molecule has 1 aliphatic rings. The summed E-state index contributed by atoms with van der Waals surface area (Å²) < 4.78 is 0. The molecule has 0 atom stereocenters. The van der Waals surface area contributed by atoms with Crippen LogP contribution in [0.5, 0.6) is 0 Å². The van der Waals surface area contributed by atoms with Gasteiger partial charge >= 0.3 is 0 Å². The van der Waals surface area contributed by atoms with Crippen LogP contribution in [0.3, 0.4) is 0 Å². The number of piperidine rings is 1. The number of nitrogens with one attached hydrogen (secondary N) is 1. The molecular formula is C31H38N2O. The third-order valence-corrected chi connectivity index (χ3v) is 6.93. The van der Waals surface area contributed by atoms with Gasteiger partial charge in [0.25, 0.3) is 5.91 Å². The van der Waals surface area contributed by atoms with Crippen LogP contribution in [-0.4, -0.2) is 30.4 Å². The Labute approximate surface area is 205 Å². The van der Waals surface area contributed by atoms with Crippen molar-refractivity contribution in [2.24, 2.45) is 5.92 Å². The maximum absolute atomic E-state index is 13.6. The van der Waals surface area contributed by atoms with Gasteiger partial charge in [0.2, 0.25) is 0 Å². The van der Waals surface area contributed by atoms with Crippen molar-refractivity contribution in [3.8, 4) is 11.1 Å². The van der Waals surface area contributed by atoms with Crippen molar-refractivity contribution in [3.63, 3.8) is 0 Å². The Bertz CT molecular complexity index is 1010. The van der Waals surface area contributed by atoms with Crippen molar-refractivity contribution >= 4 is 5.91 Å². The van der Waals surface area contributed by atoms with Gasteiger partial charge in [-0.05, 0) is 79.1 Å². The molecule has 34 heavy (non-hydrogen) atoms. The number of carbonyl (C=O) groups excluding carboxylic acids is 1. The topological polar surface area (TPSA) is 32.3 Å². The number of amides is 1. The van der Waals surface area contributed by atoms with Gasteiger partial charge in [-0.15, -0.1) is 0 Å². The second-order valence-corrected chi connectivity index (χ2v) is 9.60. The van der Waals surface area contributed by atoms with E-state index in [9.17, 15) is 4.79 Å². The van der Waals surface area contributed by atoms with Crippen LogP contribution >= 0.6 is 0 Å². The molecule has 0 aromatic heterocycles. The van der Waals surface area contributed by atoms with Crippen LogP contribution in [0.25, 0.3) is 11.1 Å². The highest BCUT2D eigenvalue weighted by atomic mass is 16.2. The number of rotatable bonds is 10. The number of aryl methyl sites for hydroxylation is 1. The number of hydrogen-bond acceptors (Lipinski definition) is 2. The van der Waals surface area contributed by atoms with Gasteiger partial charge in [0.15, 0.2) is 0 Å². The predicted molar refractivity (Wildman–Crippen MR) is 142 cm³/mol. The van der Waals surface area contributed by atoms with Crippen LogP contribution in [0, 0.1) is 5.92 Å². The number of nitrogens with zero attached hydrogens (tertiary/aromatic N) is 1. The van der Waals surface area contributed by atoms with Crippen LogP contribution in [0.1, 0.15) is 60.5 Å². The molecule has 0 spiro atoms. The largest absolute Gasteiger partial charge is 0.334 e. The summed E-state index contributed by atoms with van der Waals surface area (Å²) in [6, 6.07) is 27.4. The summed E-state index contributed by atoms with van der Waals surface area (Å²) in [5.41, 5.74) is 5.73. The van der Waals surface area contributed by atoms with E-state index in [1.165, 1.54) is 41.5 Å². The van der Waals surface area contributed by atoms with Crippen LogP contribution in [0.4, 0.5) is 0 Å². The van der Waals surface area contributed by atoms with E-state index in [4.69, 9.17) is 0 Å². The number of benzene rings is 3. The molecule has 1 aliphatic heterocycles. The lowest BCUT2D eigenvalue weighted by molar-refractivity contribution is 0.0702. The van der Waals surface area contributed by atoms with Crippen molar-refractivity contribution < 1.29 is 4.79 Å². The number of carbonyl (C=O) groups is 1. The molecule has 1 amide bonds. The normalized spacial score (nSPS) is 14.1. The van der Waals surface area contributed by atoms with E-state index in [0.717, 1.165) is 44.5 Å². The maximum Gasteiger partial charge on any atom is 0.254 e. The van der Waals surface area contributed by atoms with Crippen molar-refractivity contribution in [2.75, 3.05) is 19.6 Å². The van der Waals surface area contributed by atoms with E-state index in [0.29, 0.717) is 12.5 Å². The summed E-state index contributed by atoms with van der Waals surface area (Å²) in [5.74, 6) is 0.702. The fourth-order valence-corrected chi connectivity index (χ4v) is 4.82. The molecule has 3 heteroatoms. The fraction of sp³-hybridized carbons (Fsp3) is 0.387. The summed E-state index contributed by atoms with van der Waals surface area (Å²) in [7, 11) is 0. The minimum absolute atomic E-state index is 0.144. The van der Waals surface area contributed by atoms with E-state index in [-0.39, 0.29) is 5.91 Å². The van der Waals surface area contributed by atoms with Crippen LogP contribution in [0.15, 0.2) is 78.9 Å². The van der Waals surface area contributed by atoms with Gasteiger partial charge < -0.3 is 10.2 Å². The summed E-state index contributed by atoms with van der Waals surface area (Å²) in [6.07, 6.45) is 7.06. The maximum atomic E-state index is 13.6. The monoisotopic (exact) mass is 454 g/mol. The molecule has 0 unspecified atom stereocenters. The standard InChI is InChI=1S/C31H38N2O/c1-2-3-5-8-25-11-17-30(18-12-25)31(34)33(24-27-19-21-32-22-20-27)23-26-13-15-29(16-14-26)28-9-6-4-7-10-28/h4,6-7,9-18,27,32H,2-3,5,8,19-24H2,1H3. The lowest BCUT2D eigenvalue weighted by atomic mass is 9.96. The highest BCUT2D eigenvalue weighted by molar-refractivity contribution is 5.94. The van der Waals surface area contributed by atoms with E-state index in [2.05, 4.69) is 77.8 Å². The minimum atomic E-state index is 0.144. The second-order valence-electron chi connectivity index (χ2n) is 9.60. The quantitative estimate of drug-likeness (QED) is 0.345. The smallest absolute Gasteiger partial charge is 0.254 e. The summed E-state index contributed by atoms with van der Waals surface area (Å²) >= 11 is 0. The molecule has 1 saturated heterocycles. The predicted octanol–water partition coefficient (Wildman–Crippen LogP) is 6.73. The lowest BCUT2D eigenvalue weighted by Gasteiger charge is -2.30. The molecule has 0 aliphatic carbocycles. The molecule has 1 heterocycles. The van der Waals surface area contributed by atoms with Crippen molar-refractivity contribution in [3.05, 3.63) is 95.6 Å². The zero-order valence-corrected chi connectivity index (χ0v) is 20.5. The lowest BCUT2D eigenvalue weighted by Crippen LogP contribution is -2.39. The summed E-state index contributed by atoms with van der Waals surface area (Å²) in [6.45, 7) is 5.79. The third-order valence-electron chi connectivity index (χ3n) is 6.93. The van der Waals surface area contributed by atoms with Crippen molar-refractivity contribution in [2.45, 2.75) is 52.0 Å². The molecule has 178 valence electrons. The molecule has 0 saturated carbocycles. The van der Waals surface area contributed by atoms with Gasteiger partial charge in [-0.1, -0.05) is 86.5 Å². The Morgan fingerprint density at radius 2 is 1.47 bits per heavy atom. The van der Waals surface area contributed by atoms with Gasteiger partial charge in [-0.2, -0.15) is 0 Å². The Morgan fingerprint density at radius 3 is 2.15 bits per heavy atom. The van der Waals surface area contributed by atoms with Crippen molar-refractivity contribution in [1.82, 2.24) is 10.2 Å². The van der Waals surface area contributed by atoms with Crippen LogP contribution < -0.4 is 5.32 Å². The third kappa shape index (κ3) is 6.80. The zero-order chi connectivity index (χ0) is 23.6. The Morgan fingerprint density at radius 1 is 0.824 bits per heavy atom. The molecular weight excluding hydrogens is 416 g/mol. The van der Waals surface area contributed by atoms with E-state index >= 15 is 0 Å². The number of unbranched alkanes of at least 4 members (excludes halogenated alkanes) is 2. The highest BCUT2D eigenvalue weighted by Crippen LogP contribution is 2.22. The molecule has 3 nitrogen and oxygen atoms in total. The molecule has 0 radical (unpaired) electrons. The van der Waals surface area contributed by atoms with Gasteiger partial charge in [0.1, 0.15) is 0 Å². The molecule has 0 bridgehead atoms. The molecule has 3 aromatic carbocycles. The van der Waals surface area contributed by atoms with Crippen molar-refractivity contribution in [1.29, 1.82) is 0 Å². The van der Waals surface area contributed by atoms with Crippen LogP contribution in [-0.2, 0) is 13.0 Å². The average molecular weight is 455 g/mol. The Balaban J connectivity index is 1.47. The van der Waals surface area contributed by atoms with Gasteiger partial charge in [0.05, 0.1) is 0 Å². The molecule has 3 aromatic rings. The highest BCUT2D eigenvalue weighted by Gasteiger charge is 2.22. The molecule has 4 rings (SSSR count). The zero-order valence-electron chi connectivity index (χ0n) is 20.5. The van der Waals surface area contributed by atoms with Gasteiger partial charge in [-0.3, -0.25) is 4.79 Å². The molecule has 1 fully saturated rings. The van der Waals surface area contributed by atoms with E-state index in [1.54, 1.807) is 0 Å². The number of hydrogen-bond donors (Lipinski definition) is 1. The first-order valence-corrected chi connectivity index (χ1v) is 13.0. The van der Waals surface area contributed by atoms with E-state index in [1.807, 2.05) is 18.2 Å². The molecule has 1 N–H and O–H groups in total.